The first-order valence-electron chi connectivity index (χ1n) is 24.0. The average molecular weight is 767 g/mol. The zero-order valence-corrected chi connectivity index (χ0v) is 36.7. The predicted octanol–water partition coefficient (Wildman–Crippen LogP) is 12.3. The van der Waals surface area contributed by atoms with E-state index in [1.165, 1.54) is 128 Å². The molecule has 0 bridgehead atoms. The van der Waals surface area contributed by atoms with Gasteiger partial charge in [0.05, 0.1) is 0 Å². The molecule has 0 aromatic rings. The van der Waals surface area contributed by atoms with E-state index in [4.69, 9.17) is 0 Å². The first-order chi connectivity index (χ1) is 27.0. The van der Waals surface area contributed by atoms with Crippen molar-refractivity contribution >= 4 is 11.8 Å². The Labute approximate surface area is 341 Å². The van der Waals surface area contributed by atoms with Crippen molar-refractivity contribution in [3.8, 4) is 0 Å². The Morgan fingerprint density at radius 2 is 1.13 bits per heavy atom. The minimum atomic E-state index is -0.347. The molecule has 1 unspecified atom stereocenters. The normalized spacial score (nSPS) is 17.1. The molecule has 318 valence electrons. The Bertz CT molecular complexity index is 993. The van der Waals surface area contributed by atoms with Crippen molar-refractivity contribution in [3.05, 3.63) is 36.5 Å². The number of allylic oxidation sites excluding steroid dienone is 6. The van der Waals surface area contributed by atoms with Gasteiger partial charge in [0.15, 0.2) is 0 Å². The van der Waals surface area contributed by atoms with E-state index in [-0.39, 0.29) is 23.9 Å². The number of carbonyl (C=O) groups excluding carboxylic acids is 2. The number of likely N-dealkylation sites (N-methyl/N-ethyl adjacent to an activating group) is 1. The zero-order valence-electron chi connectivity index (χ0n) is 36.7. The van der Waals surface area contributed by atoms with Gasteiger partial charge in [-0.15, -0.1) is 0 Å². The molecule has 1 aliphatic carbocycles. The lowest BCUT2D eigenvalue weighted by Gasteiger charge is -2.36. The van der Waals surface area contributed by atoms with Crippen molar-refractivity contribution < 1.29 is 9.59 Å². The lowest BCUT2D eigenvalue weighted by molar-refractivity contribution is -0.141. The number of amides is 2. The second-order valence-electron chi connectivity index (χ2n) is 17.1. The summed E-state index contributed by atoms with van der Waals surface area (Å²) in [6.07, 6.45) is 49.1. The number of hydrogen-bond acceptors (Lipinski definition) is 4. The molecule has 1 saturated heterocycles. The van der Waals surface area contributed by atoms with Gasteiger partial charge < -0.3 is 15.1 Å². The maximum Gasteiger partial charge on any atom is 0.243 e. The highest BCUT2D eigenvalue weighted by Crippen LogP contribution is 2.21. The van der Waals surface area contributed by atoms with Crippen molar-refractivity contribution in [2.45, 2.75) is 219 Å². The molecule has 0 spiro atoms. The van der Waals surface area contributed by atoms with Crippen LogP contribution in [0, 0.1) is 0 Å². The average Bonchev–Trinajstić information content (AvgIpc) is 3.46. The van der Waals surface area contributed by atoms with Gasteiger partial charge in [0.2, 0.25) is 11.8 Å². The minimum absolute atomic E-state index is 0.116. The maximum absolute atomic E-state index is 14.2. The second-order valence-corrected chi connectivity index (χ2v) is 17.1. The summed E-state index contributed by atoms with van der Waals surface area (Å²) in [6.45, 7) is 10.3. The van der Waals surface area contributed by atoms with Gasteiger partial charge in [0.1, 0.15) is 6.04 Å². The molecular weight excluding hydrogens is 677 g/mol. The molecule has 1 saturated carbocycles. The molecule has 0 aromatic carbocycles. The number of nitrogens with zero attached hydrogens (tertiary/aromatic N) is 3. The summed E-state index contributed by atoms with van der Waals surface area (Å²) in [5.74, 6) is 0.315. The molecule has 2 amide bonds. The van der Waals surface area contributed by atoms with E-state index in [9.17, 15) is 9.59 Å². The fraction of sp³-hybridized carbons (Fsp3) is 0.837. The van der Waals surface area contributed by atoms with E-state index >= 15 is 0 Å². The van der Waals surface area contributed by atoms with Gasteiger partial charge in [0, 0.05) is 51.7 Å². The van der Waals surface area contributed by atoms with Crippen molar-refractivity contribution in [2.24, 2.45) is 0 Å². The summed E-state index contributed by atoms with van der Waals surface area (Å²) in [7, 11) is 2.19. The zero-order chi connectivity index (χ0) is 39.4. The van der Waals surface area contributed by atoms with Crippen molar-refractivity contribution in [2.75, 3.05) is 46.3 Å². The number of piperazine rings is 1. The third-order valence-corrected chi connectivity index (χ3v) is 12.0. The number of hydrogen-bond donors (Lipinski definition) is 1. The van der Waals surface area contributed by atoms with Crippen molar-refractivity contribution in [1.29, 1.82) is 0 Å². The highest BCUT2D eigenvalue weighted by Gasteiger charge is 2.31. The highest BCUT2D eigenvalue weighted by atomic mass is 16.2. The molecule has 1 atom stereocenters. The van der Waals surface area contributed by atoms with E-state index in [1.54, 1.807) is 0 Å². The standard InChI is InChI=1S/C49H90N4O2/c1-4-6-8-10-12-14-16-18-19-21-23-25-27-29-35-39-48(54)53(45-44-52-42-40-51(3)41-43-52)47(49(55)50-46-36-32-30-31-33-37-46)38-34-28-26-24-22-20-17-15-13-11-9-7-5-2/h11-14,18-19,46-47H,4-10,15-17,20-45H2,1-3H3,(H,50,55)/b13-11-,14-12-,19-18-. The van der Waals surface area contributed by atoms with E-state index in [1.807, 2.05) is 4.90 Å². The summed E-state index contributed by atoms with van der Waals surface area (Å²) < 4.78 is 0. The number of unbranched alkanes of at least 4 members (excludes halogenated alkanes) is 17. The number of rotatable bonds is 33. The Morgan fingerprint density at radius 1 is 0.618 bits per heavy atom. The van der Waals surface area contributed by atoms with E-state index < -0.39 is 0 Å². The van der Waals surface area contributed by atoms with Crippen molar-refractivity contribution in [1.82, 2.24) is 20.0 Å². The van der Waals surface area contributed by atoms with Gasteiger partial charge in [-0.2, -0.15) is 0 Å². The van der Waals surface area contributed by atoms with Crippen LogP contribution in [0.15, 0.2) is 36.5 Å². The molecule has 2 rings (SSSR count). The number of nitrogens with one attached hydrogen (secondary N) is 1. The molecule has 6 heteroatoms. The minimum Gasteiger partial charge on any atom is -0.352 e. The smallest absolute Gasteiger partial charge is 0.243 e. The van der Waals surface area contributed by atoms with Crippen LogP contribution in [0.4, 0.5) is 0 Å². The molecule has 0 aromatic heterocycles. The van der Waals surface area contributed by atoms with Crippen molar-refractivity contribution in [3.63, 3.8) is 0 Å². The molecule has 55 heavy (non-hydrogen) atoms. The topological polar surface area (TPSA) is 55.9 Å². The van der Waals surface area contributed by atoms with Crippen LogP contribution in [0.3, 0.4) is 0 Å². The third-order valence-electron chi connectivity index (χ3n) is 12.0. The Morgan fingerprint density at radius 3 is 1.73 bits per heavy atom. The van der Waals surface area contributed by atoms with Gasteiger partial charge in [-0.3, -0.25) is 14.5 Å². The number of carbonyl (C=O) groups is 2. The van der Waals surface area contributed by atoms with Gasteiger partial charge >= 0.3 is 0 Å². The summed E-state index contributed by atoms with van der Waals surface area (Å²) >= 11 is 0. The van der Waals surface area contributed by atoms with Crippen LogP contribution in [-0.4, -0.2) is 84.9 Å². The van der Waals surface area contributed by atoms with Crippen LogP contribution < -0.4 is 5.32 Å². The summed E-state index contributed by atoms with van der Waals surface area (Å²) in [6, 6.07) is -0.0869. The highest BCUT2D eigenvalue weighted by molar-refractivity contribution is 5.87. The first-order valence-corrected chi connectivity index (χ1v) is 24.0. The van der Waals surface area contributed by atoms with E-state index in [2.05, 4.69) is 72.5 Å². The lowest BCUT2D eigenvalue weighted by atomic mass is 10.0. The molecule has 2 fully saturated rings. The molecular formula is C49H90N4O2. The van der Waals surface area contributed by atoms with Crippen LogP contribution in [0.1, 0.15) is 206 Å². The summed E-state index contributed by atoms with van der Waals surface area (Å²) in [5, 5.41) is 3.49. The lowest BCUT2D eigenvalue weighted by Crippen LogP contribution is -2.54. The largest absolute Gasteiger partial charge is 0.352 e. The fourth-order valence-corrected chi connectivity index (χ4v) is 8.20. The van der Waals surface area contributed by atoms with E-state index in [0.29, 0.717) is 13.0 Å². The second kappa shape index (κ2) is 35.3. The van der Waals surface area contributed by atoms with Gasteiger partial charge in [-0.1, -0.05) is 159 Å². The van der Waals surface area contributed by atoms with Crippen LogP contribution in [0.2, 0.25) is 0 Å². The van der Waals surface area contributed by atoms with Crippen LogP contribution >= 0.6 is 0 Å². The Balaban J connectivity index is 1.88. The molecule has 2 aliphatic rings. The van der Waals surface area contributed by atoms with Gasteiger partial charge in [-0.05, 0) is 84.1 Å². The third kappa shape index (κ3) is 26.6. The Hall–Kier alpha value is -1.92. The summed E-state index contributed by atoms with van der Waals surface area (Å²) in [4.78, 5) is 35.2. The quantitative estimate of drug-likeness (QED) is 0.0411. The monoisotopic (exact) mass is 767 g/mol. The van der Waals surface area contributed by atoms with Gasteiger partial charge in [-0.25, -0.2) is 0 Å². The molecule has 1 heterocycles. The fourth-order valence-electron chi connectivity index (χ4n) is 8.20. The van der Waals surface area contributed by atoms with E-state index in [0.717, 1.165) is 90.5 Å². The SMILES string of the molecule is CCCC/C=C\CCCCCCCCCC(C(=O)NC1CCCCCC1)N(CCN1CCN(C)CC1)C(=O)CCCCCCC/C=C\C/C=C\CCCCC. The van der Waals surface area contributed by atoms with Crippen LogP contribution in [0.25, 0.3) is 0 Å². The van der Waals surface area contributed by atoms with Crippen LogP contribution in [0.5, 0.6) is 0 Å². The molecule has 1 N–H and O–H groups in total. The van der Waals surface area contributed by atoms with Gasteiger partial charge in [0.25, 0.3) is 0 Å². The molecule has 0 radical (unpaired) electrons. The predicted molar refractivity (Wildman–Crippen MR) is 239 cm³/mol. The van der Waals surface area contributed by atoms with Crippen LogP contribution in [-0.2, 0) is 9.59 Å². The summed E-state index contributed by atoms with van der Waals surface area (Å²) in [5.41, 5.74) is 0. The first kappa shape index (κ1) is 49.2. The molecule has 6 nitrogen and oxygen atoms in total. The Kier molecular flexibility index (Phi) is 31.6. The molecule has 1 aliphatic heterocycles. The maximum atomic E-state index is 14.2.